The third kappa shape index (κ3) is 3.56. The lowest BCUT2D eigenvalue weighted by Crippen LogP contribution is -2.27. The molecular formula is C17H15Cl2N3O2S. The highest BCUT2D eigenvalue weighted by Gasteiger charge is 2.18. The normalized spacial score (nSPS) is 11.0. The Bertz CT molecular complexity index is 990. The van der Waals surface area contributed by atoms with Crippen LogP contribution in [0.15, 0.2) is 34.6 Å². The lowest BCUT2D eigenvalue weighted by atomic mass is 10.1. The zero-order valence-corrected chi connectivity index (χ0v) is 16.0. The van der Waals surface area contributed by atoms with Crippen molar-refractivity contribution in [1.82, 2.24) is 14.3 Å². The minimum absolute atomic E-state index is 0.0736. The largest absolute Gasteiger partial charge is 0.343 e. The van der Waals surface area contributed by atoms with E-state index in [0.717, 1.165) is 16.1 Å². The van der Waals surface area contributed by atoms with Gasteiger partial charge in [-0.3, -0.25) is 9.59 Å². The Morgan fingerprint density at radius 2 is 2.08 bits per heavy atom. The highest BCUT2D eigenvalue weighted by atomic mass is 35.5. The molecule has 0 fully saturated rings. The molecule has 0 unspecified atom stereocenters. The molecule has 3 heterocycles. The Kier molecular flexibility index (Phi) is 5.13. The van der Waals surface area contributed by atoms with Crippen LogP contribution in [0.2, 0.25) is 10.0 Å². The molecule has 3 rings (SSSR count). The van der Waals surface area contributed by atoms with E-state index in [1.54, 1.807) is 11.3 Å². The van der Waals surface area contributed by atoms with Gasteiger partial charge in [-0.25, -0.2) is 4.68 Å². The highest BCUT2D eigenvalue weighted by Crippen LogP contribution is 2.20. The van der Waals surface area contributed by atoms with Crippen LogP contribution in [0.5, 0.6) is 0 Å². The van der Waals surface area contributed by atoms with E-state index in [1.807, 2.05) is 31.4 Å². The van der Waals surface area contributed by atoms with Gasteiger partial charge in [0.1, 0.15) is 11.6 Å². The number of rotatable bonds is 5. The van der Waals surface area contributed by atoms with Crippen molar-refractivity contribution in [3.63, 3.8) is 0 Å². The second-order valence-corrected chi connectivity index (χ2v) is 7.46. The van der Waals surface area contributed by atoms with E-state index in [-0.39, 0.29) is 22.4 Å². The number of aryl methyl sites for hydroxylation is 1. The summed E-state index contributed by atoms with van der Waals surface area (Å²) < 4.78 is 3.12. The molecule has 0 N–H and O–H groups in total. The van der Waals surface area contributed by atoms with Crippen molar-refractivity contribution in [2.24, 2.45) is 0 Å². The lowest BCUT2D eigenvalue weighted by Gasteiger charge is -2.09. The number of ketones is 1. The summed E-state index contributed by atoms with van der Waals surface area (Å²) in [5, 5.41) is 5.85. The van der Waals surface area contributed by atoms with E-state index >= 15 is 0 Å². The fraction of sp³-hybridized carbons (Fsp3) is 0.235. The van der Waals surface area contributed by atoms with Gasteiger partial charge >= 0.3 is 0 Å². The molecule has 8 heteroatoms. The maximum absolute atomic E-state index is 12.7. The quantitative estimate of drug-likeness (QED) is 0.614. The van der Waals surface area contributed by atoms with Crippen molar-refractivity contribution >= 4 is 40.3 Å². The molecule has 0 amide bonds. The van der Waals surface area contributed by atoms with Gasteiger partial charge in [-0.15, -0.1) is 11.3 Å². The van der Waals surface area contributed by atoms with Crippen LogP contribution < -0.4 is 5.56 Å². The molecule has 25 heavy (non-hydrogen) atoms. The van der Waals surface area contributed by atoms with Crippen molar-refractivity contribution in [3.05, 3.63) is 72.0 Å². The first-order chi connectivity index (χ1) is 11.9. The van der Waals surface area contributed by atoms with Gasteiger partial charge < -0.3 is 4.57 Å². The van der Waals surface area contributed by atoms with Crippen molar-refractivity contribution in [3.8, 4) is 0 Å². The van der Waals surface area contributed by atoms with E-state index in [4.69, 9.17) is 23.2 Å². The van der Waals surface area contributed by atoms with E-state index in [0.29, 0.717) is 12.1 Å². The summed E-state index contributed by atoms with van der Waals surface area (Å²) in [7, 11) is 0. The summed E-state index contributed by atoms with van der Waals surface area (Å²) in [6, 6.07) is 5.90. The number of Topliss-reactive ketones (excluding diaryl/α,β-unsaturated/α-hetero) is 1. The zero-order chi connectivity index (χ0) is 18.1. The first-order valence-electron chi connectivity index (χ1n) is 7.52. The van der Waals surface area contributed by atoms with Gasteiger partial charge in [0, 0.05) is 21.8 Å². The van der Waals surface area contributed by atoms with Crippen LogP contribution in [-0.4, -0.2) is 20.1 Å². The van der Waals surface area contributed by atoms with Gasteiger partial charge in [-0.2, -0.15) is 5.10 Å². The minimum Gasteiger partial charge on any atom is -0.343 e. The van der Waals surface area contributed by atoms with Crippen LogP contribution in [0.3, 0.4) is 0 Å². The number of halogens is 2. The fourth-order valence-corrected chi connectivity index (χ4v) is 3.63. The van der Waals surface area contributed by atoms with Gasteiger partial charge in [0.15, 0.2) is 5.78 Å². The summed E-state index contributed by atoms with van der Waals surface area (Å²) in [6.07, 6.45) is 1.26. The number of carbonyl (C=O) groups excluding carboxylic acids is 1. The second kappa shape index (κ2) is 7.15. The molecule has 3 aromatic rings. The molecule has 0 atom stereocenters. The maximum Gasteiger partial charge on any atom is 0.287 e. The van der Waals surface area contributed by atoms with Crippen LogP contribution in [0, 0.1) is 13.8 Å². The van der Waals surface area contributed by atoms with Gasteiger partial charge in [0.2, 0.25) is 0 Å². The maximum atomic E-state index is 12.7. The van der Waals surface area contributed by atoms with Crippen LogP contribution in [-0.2, 0) is 13.1 Å². The molecule has 130 valence electrons. The molecule has 5 nitrogen and oxygen atoms in total. The summed E-state index contributed by atoms with van der Waals surface area (Å²) >= 11 is 13.3. The van der Waals surface area contributed by atoms with Gasteiger partial charge in [0.05, 0.1) is 17.8 Å². The van der Waals surface area contributed by atoms with Crippen molar-refractivity contribution in [1.29, 1.82) is 0 Å². The van der Waals surface area contributed by atoms with Gasteiger partial charge in [-0.1, -0.05) is 29.3 Å². The van der Waals surface area contributed by atoms with Crippen LogP contribution >= 0.6 is 34.5 Å². The average molecular weight is 396 g/mol. The Labute approximate surface area is 158 Å². The number of thiophene rings is 1. The first-order valence-corrected chi connectivity index (χ1v) is 9.15. The number of hydrogen-bond acceptors (Lipinski definition) is 4. The molecule has 0 bridgehead atoms. The van der Waals surface area contributed by atoms with Crippen molar-refractivity contribution in [2.45, 2.75) is 26.9 Å². The lowest BCUT2D eigenvalue weighted by molar-refractivity contribution is 0.0965. The standard InChI is InChI=1S/C17H15Cl2N3O2S/c1-10-6-13(11(2)21(10)8-12-4-3-5-25-12)15(23)9-22-17(24)16(19)14(18)7-20-22/h3-7H,8-9H2,1-2H3. The Balaban J connectivity index is 1.88. The Morgan fingerprint density at radius 1 is 1.32 bits per heavy atom. The molecular weight excluding hydrogens is 381 g/mol. The van der Waals surface area contributed by atoms with Crippen LogP contribution in [0.4, 0.5) is 0 Å². The molecule has 0 saturated carbocycles. The second-order valence-electron chi connectivity index (χ2n) is 5.64. The predicted molar refractivity (Wildman–Crippen MR) is 100 cm³/mol. The molecule has 0 spiro atoms. The van der Waals surface area contributed by atoms with Crippen molar-refractivity contribution < 1.29 is 4.79 Å². The van der Waals surface area contributed by atoms with Gasteiger partial charge in [-0.05, 0) is 31.4 Å². The number of carbonyl (C=O) groups is 1. The summed E-state index contributed by atoms with van der Waals surface area (Å²) in [4.78, 5) is 25.9. The molecule has 0 aliphatic carbocycles. The van der Waals surface area contributed by atoms with E-state index in [9.17, 15) is 9.59 Å². The number of nitrogens with zero attached hydrogens (tertiary/aromatic N) is 3. The zero-order valence-electron chi connectivity index (χ0n) is 13.6. The summed E-state index contributed by atoms with van der Waals surface area (Å²) in [5.41, 5.74) is 1.86. The van der Waals surface area contributed by atoms with Gasteiger partial charge in [0.25, 0.3) is 5.56 Å². The van der Waals surface area contributed by atoms with E-state index in [2.05, 4.69) is 15.7 Å². The number of hydrogen-bond donors (Lipinski definition) is 0. The number of aromatic nitrogens is 3. The SMILES string of the molecule is Cc1cc(C(=O)Cn2ncc(Cl)c(Cl)c2=O)c(C)n1Cc1cccs1. The van der Waals surface area contributed by atoms with Crippen LogP contribution in [0.1, 0.15) is 26.6 Å². The summed E-state index contributed by atoms with van der Waals surface area (Å²) in [5.74, 6) is -0.196. The molecule has 0 radical (unpaired) electrons. The molecule has 0 aliphatic heterocycles. The Morgan fingerprint density at radius 3 is 2.76 bits per heavy atom. The third-order valence-corrected chi connectivity index (χ3v) is 5.61. The average Bonchev–Trinajstić information content (AvgIpc) is 3.19. The van der Waals surface area contributed by atoms with E-state index < -0.39 is 5.56 Å². The molecule has 3 aromatic heterocycles. The van der Waals surface area contributed by atoms with Crippen molar-refractivity contribution in [2.75, 3.05) is 0 Å². The fourth-order valence-electron chi connectivity index (χ4n) is 2.66. The summed E-state index contributed by atoms with van der Waals surface area (Å²) in [6.45, 7) is 4.40. The first kappa shape index (κ1) is 17.9. The van der Waals surface area contributed by atoms with E-state index in [1.165, 1.54) is 11.1 Å². The highest BCUT2D eigenvalue weighted by molar-refractivity contribution is 7.09. The predicted octanol–water partition coefficient (Wildman–Crippen LogP) is 3.96. The van der Waals surface area contributed by atoms with Crippen LogP contribution in [0.25, 0.3) is 0 Å². The molecule has 0 aliphatic rings. The molecule has 0 aromatic carbocycles. The topological polar surface area (TPSA) is 56.9 Å². The Hall–Kier alpha value is -1.89. The monoisotopic (exact) mass is 395 g/mol. The third-order valence-electron chi connectivity index (χ3n) is 4.00. The minimum atomic E-state index is -0.574. The smallest absolute Gasteiger partial charge is 0.287 e. The molecule has 0 saturated heterocycles.